The van der Waals surface area contributed by atoms with E-state index in [1.54, 1.807) is 6.92 Å². The van der Waals surface area contributed by atoms with Gasteiger partial charge in [-0.1, -0.05) is 81.1 Å². The number of carboxylic acid groups (broad SMARTS) is 1. The average molecular weight is 564 g/mol. The monoisotopic (exact) mass is 563 g/mol. The van der Waals surface area contributed by atoms with E-state index in [0.717, 1.165) is 38.0 Å². The molecule has 1 aromatic heterocycles. The Balaban J connectivity index is 0.00000149. The number of hydrogen-bond donors (Lipinski definition) is 3. The fraction of sp³-hybridized carbons (Fsp3) is 0.733. The summed E-state index contributed by atoms with van der Waals surface area (Å²) in [6.45, 7) is 16.6. The van der Waals surface area contributed by atoms with Crippen LogP contribution in [-0.4, -0.2) is 68.8 Å². The zero-order chi connectivity index (χ0) is 30.7. The topological polar surface area (TPSA) is 142 Å². The first-order valence-electron chi connectivity index (χ1n) is 14.9. The Labute approximate surface area is 241 Å². The molecule has 1 aliphatic carbocycles. The smallest absolute Gasteiger partial charge is 0.326 e. The van der Waals surface area contributed by atoms with Crippen LogP contribution in [0.4, 0.5) is 0 Å². The Kier molecular flexibility index (Phi) is 19.2. The predicted octanol–water partition coefficient (Wildman–Crippen LogP) is 4.70. The molecular formula is C30H53N5O5. The molecule has 2 aliphatic rings. The van der Waals surface area contributed by atoms with Crippen molar-refractivity contribution in [1.29, 1.82) is 0 Å². The highest BCUT2D eigenvalue weighted by Crippen LogP contribution is 2.27. The lowest BCUT2D eigenvalue weighted by Crippen LogP contribution is -2.54. The first kappa shape index (κ1) is 37.0. The molecule has 2 heterocycles. The van der Waals surface area contributed by atoms with Crippen molar-refractivity contribution in [3.8, 4) is 0 Å². The number of rotatable bonds is 7. The predicted molar refractivity (Wildman–Crippen MR) is 158 cm³/mol. The van der Waals surface area contributed by atoms with E-state index in [4.69, 9.17) is 0 Å². The van der Waals surface area contributed by atoms with Gasteiger partial charge in [-0.2, -0.15) is 0 Å². The van der Waals surface area contributed by atoms with Crippen LogP contribution >= 0.6 is 0 Å². The van der Waals surface area contributed by atoms with Crippen molar-refractivity contribution in [2.24, 2.45) is 17.8 Å². The number of nitrogens with one attached hydrogen (secondary N) is 2. The highest BCUT2D eigenvalue weighted by molar-refractivity contribution is 5.97. The number of nitrogens with zero attached hydrogens (tertiary/aromatic N) is 3. The molecule has 1 aromatic rings. The number of aliphatic carboxylic acids is 1. The molecule has 1 saturated carbocycles. The van der Waals surface area contributed by atoms with Gasteiger partial charge in [-0.05, 0) is 37.0 Å². The summed E-state index contributed by atoms with van der Waals surface area (Å²) in [5, 5.41) is 14.8. The molecule has 0 aromatic carbocycles. The summed E-state index contributed by atoms with van der Waals surface area (Å²) >= 11 is 0. The number of carbonyl (C=O) groups is 4. The standard InChI is InChI=1S/C21H29N5O5.C4H10.C3H8.C2H6/c1-13-7-10-26(18(13)21(30)31)16(27)12-24-20(29)17(14-5-3-2-4-6-14)25-19(28)15-11-22-8-9-23-15;1-4(2)3;1-3-2;1-2/h8-9,11,13-14,17-18H,2-7,10,12H2,1H3,(H,24,29)(H,25,28)(H,30,31);4H,1-3H3;3H2,1-2H3;1-2H3. The van der Waals surface area contributed by atoms with Crippen molar-refractivity contribution >= 4 is 23.7 Å². The van der Waals surface area contributed by atoms with E-state index in [-0.39, 0.29) is 24.1 Å². The maximum absolute atomic E-state index is 13.0. The van der Waals surface area contributed by atoms with Crippen molar-refractivity contribution < 1.29 is 24.3 Å². The molecule has 3 atom stereocenters. The SMILES string of the molecule is CC.CC(C)C.CC1CCN(C(=O)CNC(=O)C(NC(=O)c2cnccn2)C2CCCCC2)C1C(=O)O.CCC. The molecule has 1 saturated heterocycles. The number of aromatic nitrogens is 2. The second-order valence-electron chi connectivity index (χ2n) is 10.7. The van der Waals surface area contributed by atoms with Gasteiger partial charge in [0.25, 0.3) is 5.91 Å². The van der Waals surface area contributed by atoms with Crippen LogP contribution in [-0.2, 0) is 14.4 Å². The van der Waals surface area contributed by atoms with Crippen LogP contribution in [0.15, 0.2) is 18.6 Å². The summed E-state index contributed by atoms with van der Waals surface area (Å²) in [7, 11) is 0. The van der Waals surface area contributed by atoms with Crippen LogP contribution in [0, 0.1) is 17.8 Å². The molecule has 228 valence electrons. The molecular weight excluding hydrogens is 510 g/mol. The lowest BCUT2D eigenvalue weighted by Gasteiger charge is -2.30. The summed E-state index contributed by atoms with van der Waals surface area (Å²) in [5.41, 5.74) is 0.113. The molecule has 0 bridgehead atoms. The fourth-order valence-corrected chi connectivity index (χ4v) is 4.47. The molecule has 1 aliphatic heterocycles. The van der Waals surface area contributed by atoms with E-state index < -0.39 is 35.8 Å². The van der Waals surface area contributed by atoms with E-state index >= 15 is 0 Å². The Hall–Kier alpha value is -3.04. The van der Waals surface area contributed by atoms with Crippen molar-refractivity contribution in [1.82, 2.24) is 25.5 Å². The molecule has 0 radical (unpaired) electrons. The van der Waals surface area contributed by atoms with E-state index in [1.165, 1.54) is 29.9 Å². The molecule has 10 heteroatoms. The van der Waals surface area contributed by atoms with Crippen molar-refractivity contribution in [3.63, 3.8) is 0 Å². The van der Waals surface area contributed by atoms with Crippen LogP contribution in [0.1, 0.15) is 111 Å². The maximum Gasteiger partial charge on any atom is 0.326 e. The normalized spacial score (nSPS) is 19.0. The second-order valence-corrected chi connectivity index (χ2v) is 10.7. The first-order valence-corrected chi connectivity index (χ1v) is 14.9. The molecule has 40 heavy (non-hydrogen) atoms. The van der Waals surface area contributed by atoms with Crippen LogP contribution in [0.2, 0.25) is 0 Å². The molecule has 0 spiro atoms. The minimum absolute atomic E-state index is 0.0388. The second kappa shape index (κ2) is 20.8. The summed E-state index contributed by atoms with van der Waals surface area (Å²) in [6.07, 6.45) is 10.7. The first-order chi connectivity index (χ1) is 19.0. The fourth-order valence-electron chi connectivity index (χ4n) is 4.47. The number of carboxylic acids is 1. The highest BCUT2D eigenvalue weighted by Gasteiger charge is 2.39. The summed E-state index contributed by atoms with van der Waals surface area (Å²) in [4.78, 5) is 58.8. The molecule has 3 unspecified atom stereocenters. The van der Waals surface area contributed by atoms with E-state index in [0.29, 0.717) is 13.0 Å². The van der Waals surface area contributed by atoms with Crippen LogP contribution in [0.3, 0.4) is 0 Å². The number of carbonyl (C=O) groups excluding carboxylic acids is 3. The number of hydrogen-bond acceptors (Lipinski definition) is 6. The van der Waals surface area contributed by atoms with Gasteiger partial charge in [-0.25, -0.2) is 9.78 Å². The minimum atomic E-state index is -1.04. The lowest BCUT2D eigenvalue weighted by atomic mass is 9.83. The quantitative estimate of drug-likeness (QED) is 0.437. The van der Waals surface area contributed by atoms with Gasteiger partial charge in [0.05, 0.1) is 12.7 Å². The van der Waals surface area contributed by atoms with Crippen LogP contribution < -0.4 is 10.6 Å². The Morgan fingerprint density at radius 2 is 1.60 bits per heavy atom. The van der Waals surface area contributed by atoms with E-state index in [2.05, 4.69) is 55.2 Å². The van der Waals surface area contributed by atoms with Gasteiger partial charge in [0.15, 0.2) is 0 Å². The Morgan fingerprint density at radius 1 is 1.02 bits per heavy atom. The van der Waals surface area contributed by atoms with Crippen molar-refractivity contribution in [2.75, 3.05) is 13.1 Å². The average Bonchev–Trinajstić information content (AvgIpc) is 3.34. The largest absolute Gasteiger partial charge is 0.480 e. The maximum atomic E-state index is 13.0. The molecule has 3 N–H and O–H groups in total. The van der Waals surface area contributed by atoms with E-state index in [9.17, 15) is 24.3 Å². The molecule has 3 amide bonds. The third-order valence-electron chi connectivity index (χ3n) is 6.17. The third kappa shape index (κ3) is 13.3. The number of amides is 3. The van der Waals surface area contributed by atoms with Gasteiger partial charge in [-0.3, -0.25) is 19.4 Å². The van der Waals surface area contributed by atoms with Gasteiger partial charge in [0.2, 0.25) is 11.8 Å². The van der Waals surface area contributed by atoms with Gasteiger partial charge < -0.3 is 20.6 Å². The van der Waals surface area contributed by atoms with Crippen LogP contribution in [0.25, 0.3) is 0 Å². The molecule has 3 rings (SSSR count). The molecule has 10 nitrogen and oxygen atoms in total. The Morgan fingerprint density at radius 3 is 2.10 bits per heavy atom. The van der Waals surface area contributed by atoms with E-state index in [1.807, 2.05) is 13.8 Å². The van der Waals surface area contributed by atoms with Gasteiger partial charge in [0, 0.05) is 18.9 Å². The summed E-state index contributed by atoms with van der Waals surface area (Å²) in [6, 6.07) is -1.68. The minimum Gasteiger partial charge on any atom is -0.480 e. The Bertz CT molecular complexity index is 872. The third-order valence-corrected chi connectivity index (χ3v) is 6.17. The van der Waals surface area contributed by atoms with Crippen LogP contribution in [0.5, 0.6) is 0 Å². The van der Waals surface area contributed by atoms with Gasteiger partial charge in [-0.15, -0.1) is 0 Å². The number of likely N-dealkylation sites (tertiary alicyclic amines) is 1. The zero-order valence-electron chi connectivity index (χ0n) is 25.9. The van der Waals surface area contributed by atoms with Gasteiger partial charge in [0.1, 0.15) is 17.8 Å². The lowest BCUT2D eigenvalue weighted by molar-refractivity contribution is -0.149. The summed E-state index contributed by atoms with van der Waals surface area (Å²) < 4.78 is 0. The zero-order valence-corrected chi connectivity index (χ0v) is 25.9. The van der Waals surface area contributed by atoms with Crippen molar-refractivity contribution in [2.45, 2.75) is 112 Å². The van der Waals surface area contributed by atoms with Gasteiger partial charge >= 0.3 is 5.97 Å². The highest BCUT2D eigenvalue weighted by atomic mass is 16.4. The summed E-state index contributed by atoms with van der Waals surface area (Å²) in [5.74, 6) is -1.77. The van der Waals surface area contributed by atoms with Crippen molar-refractivity contribution in [3.05, 3.63) is 24.3 Å². The molecule has 2 fully saturated rings.